The molecule has 23 heavy (non-hydrogen) atoms. The Kier molecular flexibility index (Phi) is 7.71. The van der Waals surface area contributed by atoms with Crippen LogP contribution in [-0.4, -0.2) is 47.8 Å². The van der Waals surface area contributed by atoms with Crippen LogP contribution in [0.4, 0.5) is 0 Å². The highest BCUT2D eigenvalue weighted by atomic mass is 16.3. The van der Waals surface area contributed by atoms with Gasteiger partial charge in [-0.2, -0.15) is 0 Å². The highest BCUT2D eigenvalue weighted by Crippen LogP contribution is 2.19. The summed E-state index contributed by atoms with van der Waals surface area (Å²) in [5, 5.41) is 24.3. The average molecular weight is 322 g/mol. The fraction of sp³-hybridized carbons (Fsp3) is 0.529. The van der Waals surface area contributed by atoms with Gasteiger partial charge in [-0.1, -0.05) is 44.2 Å². The third-order valence-corrected chi connectivity index (χ3v) is 3.58. The van der Waals surface area contributed by atoms with Crippen molar-refractivity contribution in [3.63, 3.8) is 0 Å². The summed E-state index contributed by atoms with van der Waals surface area (Å²) in [6.45, 7) is 3.74. The first-order chi connectivity index (χ1) is 10.9. The number of amides is 2. The minimum Gasteiger partial charge on any atom is -0.396 e. The first kappa shape index (κ1) is 19.1. The van der Waals surface area contributed by atoms with Crippen LogP contribution in [0.2, 0.25) is 0 Å². The van der Waals surface area contributed by atoms with Gasteiger partial charge in [0.2, 0.25) is 11.8 Å². The third kappa shape index (κ3) is 6.80. The molecule has 0 saturated carbocycles. The minimum absolute atomic E-state index is 0.0658. The predicted molar refractivity (Wildman–Crippen MR) is 87.7 cm³/mol. The Morgan fingerprint density at radius 1 is 1.13 bits per heavy atom. The van der Waals surface area contributed by atoms with Gasteiger partial charge in [-0.3, -0.25) is 9.59 Å². The summed E-state index contributed by atoms with van der Waals surface area (Å²) in [5.41, 5.74) is 0.0706. The Morgan fingerprint density at radius 3 is 2.35 bits per heavy atom. The Morgan fingerprint density at radius 2 is 1.74 bits per heavy atom. The van der Waals surface area contributed by atoms with Gasteiger partial charge in [0, 0.05) is 18.5 Å². The molecule has 1 aromatic carbocycles. The Hall–Kier alpha value is -1.92. The quantitative estimate of drug-likeness (QED) is 0.489. The summed E-state index contributed by atoms with van der Waals surface area (Å²) < 4.78 is 0. The first-order valence-corrected chi connectivity index (χ1v) is 7.74. The van der Waals surface area contributed by atoms with Crippen molar-refractivity contribution in [3.05, 3.63) is 35.9 Å². The largest absolute Gasteiger partial charge is 0.396 e. The van der Waals surface area contributed by atoms with Crippen molar-refractivity contribution in [1.82, 2.24) is 10.6 Å². The normalized spacial score (nSPS) is 12.5. The molecule has 1 rings (SSSR count). The number of hydrogen-bond donors (Lipinski definition) is 4. The molecule has 0 fully saturated rings. The molecule has 6 heteroatoms. The molecule has 2 amide bonds. The lowest BCUT2D eigenvalue weighted by atomic mass is 9.87. The van der Waals surface area contributed by atoms with Crippen LogP contribution in [0.15, 0.2) is 30.3 Å². The van der Waals surface area contributed by atoms with Gasteiger partial charge in [0.25, 0.3) is 0 Å². The van der Waals surface area contributed by atoms with Gasteiger partial charge in [0.05, 0.1) is 13.0 Å². The number of carbonyl (C=O) groups is 2. The highest BCUT2D eigenvalue weighted by Gasteiger charge is 2.32. The third-order valence-electron chi connectivity index (χ3n) is 3.58. The zero-order chi connectivity index (χ0) is 17.3. The Labute approximate surface area is 136 Å². The van der Waals surface area contributed by atoms with Gasteiger partial charge in [0.15, 0.2) is 0 Å². The smallest absolute Gasteiger partial charge is 0.249 e. The molecule has 1 aromatic rings. The molecule has 128 valence electrons. The molecule has 0 heterocycles. The molecule has 0 aliphatic rings. The molecule has 0 unspecified atom stereocenters. The van der Waals surface area contributed by atoms with Crippen molar-refractivity contribution in [3.8, 4) is 0 Å². The number of carbonyl (C=O) groups excluding carboxylic acids is 2. The summed E-state index contributed by atoms with van der Waals surface area (Å²) in [6, 6.07) is 9.46. The zero-order valence-corrected chi connectivity index (χ0v) is 13.7. The maximum atomic E-state index is 11.7. The van der Waals surface area contributed by atoms with Crippen LogP contribution in [-0.2, 0) is 16.0 Å². The molecule has 0 aliphatic carbocycles. The molecule has 0 radical (unpaired) electrons. The van der Waals surface area contributed by atoms with Gasteiger partial charge in [-0.05, 0) is 12.0 Å². The number of aliphatic hydroxyl groups is 2. The molecule has 0 bridgehead atoms. The lowest BCUT2D eigenvalue weighted by molar-refractivity contribution is -0.137. The van der Waals surface area contributed by atoms with Crippen molar-refractivity contribution in [2.75, 3.05) is 19.7 Å². The van der Waals surface area contributed by atoms with Crippen molar-refractivity contribution >= 4 is 11.8 Å². The monoisotopic (exact) mass is 322 g/mol. The summed E-state index contributed by atoms with van der Waals surface area (Å²) in [5.74, 6) is -0.580. The number of nitrogens with one attached hydrogen (secondary N) is 2. The standard InChI is InChI=1S/C17H26N2O4/c1-17(2,12-20)15(22)16(23)19-10-6-9-18-14(21)11-13-7-4-3-5-8-13/h3-5,7-8,15,20,22H,6,9-12H2,1-2H3,(H,18,21)(H,19,23)/t15-/m0/s1. The lowest BCUT2D eigenvalue weighted by Gasteiger charge is -2.27. The molecule has 0 aromatic heterocycles. The molecule has 0 aliphatic heterocycles. The van der Waals surface area contributed by atoms with Crippen molar-refractivity contribution in [1.29, 1.82) is 0 Å². The summed E-state index contributed by atoms with van der Waals surface area (Å²) in [4.78, 5) is 23.4. The molecule has 6 nitrogen and oxygen atoms in total. The van der Waals surface area contributed by atoms with E-state index >= 15 is 0 Å². The summed E-state index contributed by atoms with van der Waals surface area (Å²) in [6.07, 6.45) is -0.366. The van der Waals surface area contributed by atoms with E-state index in [9.17, 15) is 14.7 Å². The van der Waals surface area contributed by atoms with Crippen LogP contribution in [0.5, 0.6) is 0 Å². The van der Waals surface area contributed by atoms with Crippen LogP contribution in [0.25, 0.3) is 0 Å². The van der Waals surface area contributed by atoms with Gasteiger partial charge in [-0.15, -0.1) is 0 Å². The zero-order valence-electron chi connectivity index (χ0n) is 13.7. The van der Waals surface area contributed by atoms with Crippen LogP contribution in [0.1, 0.15) is 25.8 Å². The molecule has 0 saturated heterocycles. The minimum atomic E-state index is -1.26. The summed E-state index contributed by atoms with van der Waals surface area (Å²) >= 11 is 0. The van der Waals surface area contributed by atoms with E-state index in [1.54, 1.807) is 13.8 Å². The second kappa shape index (κ2) is 9.27. The van der Waals surface area contributed by atoms with Crippen molar-refractivity contribution in [2.24, 2.45) is 5.41 Å². The second-order valence-electron chi connectivity index (χ2n) is 6.21. The fourth-order valence-electron chi connectivity index (χ4n) is 1.91. The number of rotatable bonds is 9. The van der Waals surface area contributed by atoms with Crippen LogP contribution in [0, 0.1) is 5.41 Å². The molecule has 0 spiro atoms. The van der Waals surface area contributed by atoms with E-state index in [0.717, 1.165) is 5.56 Å². The summed E-state index contributed by atoms with van der Waals surface area (Å²) in [7, 11) is 0. The van der Waals surface area contributed by atoms with E-state index in [1.165, 1.54) is 0 Å². The number of aliphatic hydroxyl groups excluding tert-OH is 2. The van der Waals surface area contributed by atoms with E-state index in [-0.39, 0.29) is 12.5 Å². The average Bonchev–Trinajstić information content (AvgIpc) is 2.54. The molecular formula is C17H26N2O4. The Bertz CT molecular complexity index is 503. The predicted octanol–water partition coefficient (Wildman–Crippen LogP) is 0.231. The van der Waals surface area contributed by atoms with Gasteiger partial charge in [0.1, 0.15) is 6.10 Å². The van der Waals surface area contributed by atoms with E-state index in [0.29, 0.717) is 25.9 Å². The maximum Gasteiger partial charge on any atom is 0.249 e. The van der Waals surface area contributed by atoms with E-state index in [2.05, 4.69) is 10.6 Å². The lowest BCUT2D eigenvalue weighted by Crippen LogP contribution is -2.46. The van der Waals surface area contributed by atoms with Crippen LogP contribution < -0.4 is 10.6 Å². The number of hydrogen-bond acceptors (Lipinski definition) is 4. The van der Waals surface area contributed by atoms with Gasteiger partial charge < -0.3 is 20.8 Å². The first-order valence-electron chi connectivity index (χ1n) is 7.74. The van der Waals surface area contributed by atoms with E-state index < -0.39 is 17.4 Å². The highest BCUT2D eigenvalue weighted by molar-refractivity contribution is 5.81. The van der Waals surface area contributed by atoms with Crippen LogP contribution in [0.3, 0.4) is 0 Å². The van der Waals surface area contributed by atoms with Gasteiger partial charge >= 0.3 is 0 Å². The fourth-order valence-corrected chi connectivity index (χ4v) is 1.91. The molecule has 1 atom stereocenters. The van der Waals surface area contributed by atoms with Crippen molar-refractivity contribution < 1.29 is 19.8 Å². The Balaban J connectivity index is 2.18. The molecular weight excluding hydrogens is 296 g/mol. The number of benzene rings is 1. The second-order valence-corrected chi connectivity index (χ2v) is 6.21. The van der Waals surface area contributed by atoms with E-state index in [1.807, 2.05) is 30.3 Å². The SMILES string of the molecule is CC(C)(CO)[C@@H](O)C(=O)NCCCNC(=O)Cc1ccccc1. The van der Waals surface area contributed by atoms with Crippen LogP contribution >= 0.6 is 0 Å². The molecule has 4 N–H and O–H groups in total. The van der Waals surface area contributed by atoms with Crippen molar-refractivity contribution in [2.45, 2.75) is 32.8 Å². The maximum absolute atomic E-state index is 11.7. The topological polar surface area (TPSA) is 98.7 Å². The van der Waals surface area contributed by atoms with E-state index in [4.69, 9.17) is 5.11 Å². The van der Waals surface area contributed by atoms with Gasteiger partial charge in [-0.25, -0.2) is 0 Å².